The monoisotopic (exact) mass is 244 g/mol. The Bertz CT molecular complexity index is 486. The molecule has 0 aliphatic carbocycles. The SMILES string of the molecule is CCC(CN)(Cc1ncnn1C)c1ccccc1. The van der Waals surface area contributed by atoms with Gasteiger partial charge in [0.05, 0.1) is 0 Å². The fraction of sp³-hybridized carbons (Fsp3) is 0.429. The number of rotatable bonds is 5. The lowest BCUT2D eigenvalue weighted by Gasteiger charge is -2.31. The van der Waals surface area contributed by atoms with Gasteiger partial charge in [0.2, 0.25) is 0 Å². The van der Waals surface area contributed by atoms with E-state index in [0.717, 1.165) is 18.7 Å². The van der Waals surface area contributed by atoms with E-state index in [9.17, 15) is 0 Å². The molecule has 1 aromatic carbocycles. The summed E-state index contributed by atoms with van der Waals surface area (Å²) in [5.41, 5.74) is 7.28. The summed E-state index contributed by atoms with van der Waals surface area (Å²) in [6.07, 6.45) is 3.40. The molecule has 1 aromatic heterocycles. The molecular weight excluding hydrogens is 224 g/mol. The second-order valence-corrected chi connectivity index (χ2v) is 4.68. The van der Waals surface area contributed by atoms with E-state index < -0.39 is 0 Å². The molecule has 1 heterocycles. The molecule has 0 radical (unpaired) electrons. The zero-order chi connectivity index (χ0) is 13.0. The van der Waals surface area contributed by atoms with E-state index in [0.29, 0.717) is 6.54 Å². The van der Waals surface area contributed by atoms with Crippen molar-refractivity contribution in [3.63, 3.8) is 0 Å². The Hall–Kier alpha value is -1.68. The normalized spacial score (nSPS) is 14.4. The predicted molar refractivity (Wildman–Crippen MR) is 72.2 cm³/mol. The number of hydrogen-bond acceptors (Lipinski definition) is 3. The van der Waals surface area contributed by atoms with Crippen LogP contribution in [0.4, 0.5) is 0 Å². The highest BCUT2D eigenvalue weighted by Gasteiger charge is 2.30. The molecule has 1 atom stereocenters. The van der Waals surface area contributed by atoms with Crippen LogP contribution in [0, 0.1) is 0 Å². The van der Waals surface area contributed by atoms with Crippen molar-refractivity contribution in [1.29, 1.82) is 0 Å². The van der Waals surface area contributed by atoms with E-state index in [1.54, 1.807) is 6.33 Å². The zero-order valence-corrected chi connectivity index (χ0v) is 11.0. The number of aryl methyl sites for hydroxylation is 1. The van der Waals surface area contributed by atoms with Gasteiger partial charge in [0, 0.05) is 25.4 Å². The third-order valence-electron chi connectivity index (χ3n) is 3.76. The quantitative estimate of drug-likeness (QED) is 0.870. The number of benzene rings is 1. The molecule has 0 saturated carbocycles. The molecule has 2 aromatic rings. The predicted octanol–water partition coefficient (Wildman–Crippen LogP) is 1.66. The third kappa shape index (κ3) is 2.29. The highest BCUT2D eigenvalue weighted by Crippen LogP contribution is 2.30. The second-order valence-electron chi connectivity index (χ2n) is 4.68. The molecule has 0 bridgehead atoms. The summed E-state index contributed by atoms with van der Waals surface area (Å²) in [5, 5.41) is 4.13. The van der Waals surface area contributed by atoms with Crippen molar-refractivity contribution < 1.29 is 0 Å². The minimum atomic E-state index is -0.0535. The average Bonchev–Trinajstić information content (AvgIpc) is 2.82. The molecular formula is C14H20N4. The smallest absolute Gasteiger partial charge is 0.138 e. The van der Waals surface area contributed by atoms with Gasteiger partial charge in [0.25, 0.3) is 0 Å². The van der Waals surface area contributed by atoms with Gasteiger partial charge in [-0.15, -0.1) is 0 Å². The molecule has 0 spiro atoms. The average molecular weight is 244 g/mol. The van der Waals surface area contributed by atoms with Gasteiger partial charge in [-0.05, 0) is 12.0 Å². The highest BCUT2D eigenvalue weighted by molar-refractivity contribution is 5.27. The zero-order valence-electron chi connectivity index (χ0n) is 11.0. The molecule has 4 heteroatoms. The summed E-state index contributed by atoms with van der Waals surface area (Å²) in [4.78, 5) is 4.32. The van der Waals surface area contributed by atoms with Crippen molar-refractivity contribution >= 4 is 0 Å². The van der Waals surface area contributed by atoms with Crippen molar-refractivity contribution in [1.82, 2.24) is 14.8 Å². The van der Waals surface area contributed by atoms with Gasteiger partial charge in [-0.1, -0.05) is 37.3 Å². The van der Waals surface area contributed by atoms with Gasteiger partial charge < -0.3 is 5.73 Å². The van der Waals surface area contributed by atoms with Crippen molar-refractivity contribution in [2.24, 2.45) is 12.8 Å². The first kappa shape index (κ1) is 12.8. The molecule has 1 unspecified atom stereocenters. The standard InChI is InChI=1S/C14H20N4/c1-3-14(10-15,12-7-5-4-6-8-12)9-13-16-11-17-18(13)2/h4-8,11H,3,9-10,15H2,1-2H3. The Kier molecular flexibility index (Phi) is 3.77. The topological polar surface area (TPSA) is 56.7 Å². The van der Waals surface area contributed by atoms with Crippen LogP contribution in [-0.4, -0.2) is 21.3 Å². The maximum absolute atomic E-state index is 6.06. The van der Waals surface area contributed by atoms with Crippen LogP contribution in [0.1, 0.15) is 24.7 Å². The van der Waals surface area contributed by atoms with Crippen molar-refractivity contribution in [2.75, 3.05) is 6.54 Å². The molecule has 2 rings (SSSR count). The summed E-state index contributed by atoms with van der Waals surface area (Å²) in [6, 6.07) is 10.4. The lowest BCUT2D eigenvalue weighted by atomic mass is 9.75. The van der Waals surface area contributed by atoms with Crippen LogP contribution in [0.5, 0.6) is 0 Å². The number of hydrogen-bond donors (Lipinski definition) is 1. The fourth-order valence-electron chi connectivity index (χ4n) is 2.34. The first-order valence-corrected chi connectivity index (χ1v) is 6.30. The minimum absolute atomic E-state index is 0.0535. The van der Waals surface area contributed by atoms with Gasteiger partial charge in [0.15, 0.2) is 0 Å². The van der Waals surface area contributed by atoms with E-state index in [1.165, 1.54) is 5.56 Å². The maximum atomic E-state index is 6.06. The Morgan fingerprint density at radius 3 is 2.50 bits per heavy atom. The van der Waals surface area contributed by atoms with Crippen molar-refractivity contribution in [2.45, 2.75) is 25.2 Å². The largest absolute Gasteiger partial charge is 0.330 e. The molecule has 4 nitrogen and oxygen atoms in total. The molecule has 0 amide bonds. The van der Waals surface area contributed by atoms with E-state index in [4.69, 9.17) is 5.73 Å². The maximum Gasteiger partial charge on any atom is 0.138 e. The Balaban J connectivity index is 2.36. The molecule has 0 fully saturated rings. The van der Waals surface area contributed by atoms with Crippen molar-refractivity contribution in [3.05, 3.63) is 48.0 Å². The van der Waals surface area contributed by atoms with Crippen LogP contribution in [0.25, 0.3) is 0 Å². The number of nitrogens with zero attached hydrogens (tertiary/aromatic N) is 3. The fourth-order valence-corrected chi connectivity index (χ4v) is 2.34. The highest BCUT2D eigenvalue weighted by atomic mass is 15.3. The van der Waals surface area contributed by atoms with Gasteiger partial charge in [-0.25, -0.2) is 4.98 Å². The Morgan fingerprint density at radius 2 is 2.00 bits per heavy atom. The second kappa shape index (κ2) is 5.31. The summed E-state index contributed by atoms with van der Waals surface area (Å²) in [6.45, 7) is 2.79. The molecule has 96 valence electrons. The van der Waals surface area contributed by atoms with Gasteiger partial charge >= 0.3 is 0 Å². The lowest BCUT2D eigenvalue weighted by molar-refractivity contribution is 0.402. The Labute approximate surface area is 108 Å². The van der Waals surface area contributed by atoms with Crippen molar-refractivity contribution in [3.8, 4) is 0 Å². The number of nitrogens with two attached hydrogens (primary N) is 1. The molecule has 0 saturated heterocycles. The van der Waals surface area contributed by atoms with Crippen LogP contribution in [-0.2, 0) is 18.9 Å². The van der Waals surface area contributed by atoms with E-state index in [-0.39, 0.29) is 5.41 Å². The van der Waals surface area contributed by atoms with E-state index >= 15 is 0 Å². The van der Waals surface area contributed by atoms with Gasteiger partial charge in [-0.3, -0.25) is 4.68 Å². The summed E-state index contributed by atoms with van der Waals surface area (Å²) < 4.78 is 1.82. The van der Waals surface area contributed by atoms with E-state index in [1.807, 2.05) is 17.8 Å². The third-order valence-corrected chi connectivity index (χ3v) is 3.76. The molecule has 2 N–H and O–H groups in total. The summed E-state index contributed by atoms with van der Waals surface area (Å²) >= 11 is 0. The van der Waals surface area contributed by atoms with E-state index in [2.05, 4.69) is 41.3 Å². The van der Waals surface area contributed by atoms with Crippen LogP contribution in [0.2, 0.25) is 0 Å². The van der Waals surface area contributed by atoms with Gasteiger partial charge in [-0.2, -0.15) is 5.10 Å². The first-order chi connectivity index (χ1) is 8.72. The number of aromatic nitrogens is 3. The molecule has 0 aliphatic heterocycles. The van der Waals surface area contributed by atoms with Crippen LogP contribution < -0.4 is 5.73 Å². The molecule has 0 aliphatic rings. The van der Waals surface area contributed by atoms with Crippen LogP contribution >= 0.6 is 0 Å². The Morgan fingerprint density at radius 1 is 1.28 bits per heavy atom. The first-order valence-electron chi connectivity index (χ1n) is 6.30. The molecule has 18 heavy (non-hydrogen) atoms. The summed E-state index contributed by atoms with van der Waals surface area (Å²) in [7, 11) is 1.92. The van der Waals surface area contributed by atoms with Crippen LogP contribution in [0.3, 0.4) is 0 Å². The lowest BCUT2D eigenvalue weighted by Crippen LogP contribution is -2.37. The van der Waals surface area contributed by atoms with Crippen LogP contribution in [0.15, 0.2) is 36.7 Å². The van der Waals surface area contributed by atoms with Gasteiger partial charge in [0.1, 0.15) is 12.2 Å². The summed E-state index contributed by atoms with van der Waals surface area (Å²) in [5.74, 6) is 0.978. The minimum Gasteiger partial charge on any atom is -0.330 e.